The van der Waals surface area contributed by atoms with E-state index in [1.54, 1.807) is 13.3 Å². The number of imidazole rings is 1. The molecule has 1 aliphatic carbocycles. The number of hydrogen-bond acceptors (Lipinski definition) is 3. The first-order chi connectivity index (χ1) is 9.13. The molecule has 2 rings (SSSR count). The Morgan fingerprint density at radius 3 is 3.05 bits per heavy atom. The summed E-state index contributed by atoms with van der Waals surface area (Å²) in [6.07, 6.45) is 8.26. The van der Waals surface area contributed by atoms with Crippen molar-refractivity contribution in [1.82, 2.24) is 9.55 Å². The van der Waals surface area contributed by atoms with Crippen molar-refractivity contribution < 1.29 is 9.84 Å². The minimum atomic E-state index is -0.637. The lowest BCUT2D eigenvalue weighted by Gasteiger charge is -2.42. The lowest BCUT2D eigenvalue weighted by molar-refractivity contribution is -0.137. The molecule has 1 aromatic heterocycles. The van der Waals surface area contributed by atoms with Crippen molar-refractivity contribution in [1.29, 1.82) is 0 Å². The van der Waals surface area contributed by atoms with Crippen LogP contribution in [0.3, 0.4) is 0 Å². The van der Waals surface area contributed by atoms with Gasteiger partial charge in [-0.2, -0.15) is 0 Å². The number of aromatic nitrogens is 2. The van der Waals surface area contributed by atoms with Crippen molar-refractivity contribution in [3.63, 3.8) is 0 Å². The Morgan fingerprint density at radius 2 is 2.42 bits per heavy atom. The smallest absolute Gasteiger partial charge is 0.141 e. The van der Waals surface area contributed by atoms with Crippen molar-refractivity contribution in [2.45, 2.75) is 64.2 Å². The van der Waals surface area contributed by atoms with Crippen molar-refractivity contribution in [2.24, 2.45) is 5.92 Å². The van der Waals surface area contributed by atoms with Gasteiger partial charge in [-0.15, -0.1) is 0 Å². The van der Waals surface area contributed by atoms with Crippen LogP contribution in [-0.2, 0) is 11.3 Å². The summed E-state index contributed by atoms with van der Waals surface area (Å²) in [5.41, 5.74) is -0.464. The number of hydrogen-bond donors (Lipinski definition) is 1. The first-order valence-electron chi connectivity index (χ1n) is 7.37. The van der Waals surface area contributed by atoms with E-state index in [-0.39, 0.29) is 0 Å². The first-order valence-corrected chi connectivity index (χ1v) is 7.37. The van der Waals surface area contributed by atoms with Gasteiger partial charge in [0.15, 0.2) is 0 Å². The fourth-order valence-corrected chi connectivity index (χ4v) is 3.32. The molecule has 4 heteroatoms. The lowest BCUT2D eigenvalue weighted by Crippen LogP contribution is -2.43. The van der Waals surface area contributed by atoms with Crippen molar-refractivity contribution in [3.05, 3.63) is 18.2 Å². The van der Waals surface area contributed by atoms with Crippen molar-refractivity contribution in [3.8, 4) is 0 Å². The van der Waals surface area contributed by atoms with Crippen LogP contribution in [0.2, 0.25) is 0 Å². The summed E-state index contributed by atoms with van der Waals surface area (Å²) >= 11 is 0. The van der Waals surface area contributed by atoms with E-state index in [1.165, 1.54) is 6.42 Å². The zero-order chi connectivity index (χ0) is 13.9. The molecular weight excluding hydrogens is 240 g/mol. The van der Waals surface area contributed by atoms with E-state index in [9.17, 15) is 5.11 Å². The highest BCUT2D eigenvalue weighted by Crippen LogP contribution is 2.42. The number of aryl methyl sites for hydroxylation is 1. The summed E-state index contributed by atoms with van der Waals surface area (Å²) in [5.74, 6) is 1.34. The molecule has 1 N–H and O–H groups in total. The second-order valence-electron chi connectivity index (χ2n) is 5.85. The van der Waals surface area contributed by atoms with Crippen LogP contribution in [0.4, 0.5) is 0 Å². The molecule has 1 fully saturated rings. The molecule has 1 heterocycles. The maximum atomic E-state index is 10.8. The first kappa shape index (κ1) is 14.5. The molecule has 0 radical (unpaired) electrons. The highest BCUT2D eigenvalue weighted by Gasteiger charge is 2.43. The Morgan fingerprint density at radius 1 is 1.63 bits per heavy atom. The molecular formula is C15H26N2O2. The largest absolute Gasteiger partial charge is 0.382 e. The molecule has 4 nitrogen and oxygen atoms in total. The van der Waals surface area contributed by atoms with Gasteiger partial charge in [-0.05, 0) is 25.2 Å². The molecule has 19 heavy (non-hydrogen) atoms. The van der Waals surface area contributed by atoms with Crippen LogP contribution in [0.1, 0.15) is 57.9 Å². The Kier molecular flexibility index (Phi) is 4.63. The van der Waals surface area contributed by atoms with E-state index in [0.29, 0.717) is 5.92 Å². The van der Waals surface area contributed by atoms with Crippen LogP contribution in [0.25, 0.3) is 0 Å². The van der Waals surface area contributed by atoms with Gasteiger partial charge in [-0.1, -0.05) is 26.7 Å². The van der Waals surface area contributed by atoms with Gasteiger partial charge in [0.1, 0.15) is 17.5 Å². The third-order valence-electron chi connectivity index (χ3n) is 4.35. The van der Waals surface area contributed by atoms with Gasteiger partial charge < -0.3 is 14.4 Å². The molecule has 1 aliphatic rings. The monoisotopic (exact) mass is 266 g/mol. The number of rotatable bonds is 5. The highest BCUT2D eigenvalue weighted by molar-refractivity contribution is 5.06. The second-order valence-corrected chi connectivity index (χ2v) is 5.85. The Hall–Kier alpha value is -0.870. The predicted octanol–water partition coefficient (Wildman–Crippen LogP) is 2.92. The Labute approximate surface area is 115 Å². The van der Waals surface area contributed by atoms with Crippen molar-refractivity contribution >= 4 is 0 Å². The number of nitrogens with zero attached hydrogens (tertiary/aromatic N) is 2. The van der Waals surface area contributed by atoms with Gasteiger partial charge in [-0.3, -0.25) is 0 Å². The molecule has 0 spiro atoms. The third-order valence-corrected chi connectivity index (χ3v) is 4.35. The fourth-order valence-electron chi connectivity index (χ4n) is 3.32. The summed E-state index contributed by atoms with van der Waals surface area (Å²) in [6.45, 7) is 5.25. The standard InChI is InChI=1S/C15H26N2O2/c1-4-9-17-10-8-16-14(17)13(18)15(19-3)7-5-6-12(2)11-15/h8,10,12-13,18H,4-7,9,11H2,1-3H3. The maximum absolute atomic E-state index is 10.8. The quantitative estimate of drug-likeness (QED) is 0.891. The number of aliphatic hydroxyl groups excluding tert-OH is 1. The summed E-state index contributed by atoms with van der Waals surface area (Å²) in [7, 11) is 1.72. The van der Waals surface area contributed by atoms with Gasteiger partial charge >= 0.3 is 0 Å². The molecule has 3 unspecified atom stereocenters. The molecule has 3 atom stereocenters. The Bertz CT molecular complexity index is 405. The van der Waals surface area contributed by atoms with E-state index >= 15 is 0 Å². The minimum absolute atomic E-state index is 0.464. The van der Waals surface area contributed by atoms with Gasteiger partial charge in [-0.25, -0.2) is 4.98 Å². The predicted molar refractivity (Wildman–Crippen MR) is 74.8 cm³/mol. The van der Waals surface area contributed by atoms with Crippen LogP contribution >= 0.6 is 0 Å². The average molecular weight is 266 g/mol. The van der Waals surface area contributed by atoms with Crippen molar-refractivity contribution in [2.75, 3.05) is 7.11 Å². The molecule has 1 aromatic rings. The fraction of sp³-hybridized carbons (Fsp3) is 0.800. The molecule has 0 saturated heterocycles. The summed E-state index contributed by atoms with van der Waals surface area (Å²) < 4.78 is 7.81. The number of aliphatic hydroxyl groups is 1. The normalized spacial score (nSPS) is 29.4. The van der Waals surface area contributed by atoms with E-state index < -0.39 is 11.7 Å². The lowest BCUT2D eigenvalue weighted by atomic mass is 9.75. The molecule has 0 amide bonds. The summed E-state index contributed by atoms with van der Waals surface area (Å²) in [4.78, 5) is 4.36. The zero-order valence-electron chi connectivity index (χ0n) is 12.3. The van der Waals surface area contributed by atoms with E-state index in [1.807, 2.05) is 10.8 Å². The highest BCUT2D eigenvalue weighted by atomic mass is 16.5. The van der Waals surface area contributed by atoms with Crippen LogP contribution in [-0.4, -0.2) is 27.4 Å². The number of methoxy groups -OCH3 is 1. The van der Waals surface area contributed by atoms with Crippen LogP contribution in [0, 0.1) is 5.92 Å². The van der Waals surface area contributed by atoms with Gasteiger partial charge in [0.2, 0.25) is 0 Å². The minimum Gasteiger partial charge on any atom is -0.382 e. The topological polar surface area (TPSA) is 47.3 Å². The van der Waals surface area contributed by atoms with Crippen LogP contribution < -0.4 is 0 Å². The molecule has 1 saturated carbocycles. The molecule has 0 aromatic carbocycles. The summed E-state index contributed by atoms with van der Waals surface area (Å²) in [6, 6.07) is 0. The molecule has 0 aliphatic heterocycles. The Balaban J connectivity index is 2.24. The van der Waals surface area contributed by atoms with Gasteiger partial charge in [0.05, 0.1) is 0 Å². The third kappa shape index (κ3) is 2.84. The van der Waals surface area contributed by atoms with E-state index in [0.717, 1.165) is 38.1 Å². The summed E-state index contributed by atoms with van der Waals surface area (Å²) in [5, 5.41) is 10.8. The molecule has 0 bridgehead atoms. The van der Waals surface area contributed by atoms with Gasteiger partial charge in [0.25, 0.3) is 0 Å². The van der Waals surface area contributed by atoms with Gasteiger partial charge in [0, 0.05) is 26.0 Å². The molecule has 108 valence electrons. The maximum Gasteiger partial charge on any atom is 0.141 e. The second kappa shape index (κ2) is 6.06. The van der Waals surface area contributed by atoms with Crippen LogP contribution in [0.15, 0.2) is 12.4 Å². The zero-order valence-corrected chi connectivity index (χ0v) is 12.3. The SMILES string of the molecule is CCCn1ccnc1C(O)C1(OC)CCCC(C)C1. The van der Waals surface area contributed by atoms with E-state index in [2.05, 4.69) is 18.8 Å². The van der Waals surface area contributed by atoms with E-state index in [4.69, 9.17) is 4.74 Å². The van der Waals surface area contributed by atoms with Crippen LogP contribution in [0.5, 0.6) is 0 Å². The average Bonchev–Trinajstić information content (AvgIpc) is 2.86. The number of ether oxygens (including phenoxy) is 1.